The zero-order valence-corrected chi connectivity index (χ0v) is 25.1. The van der Waals surface area contributed by atoms with Crippen molar-refractivity contribution >= 4 is 11.5 Å². The van der Waals surface area contributed by atoms with Gasteiger partial charge in [-0.25, -0.2) is 4.79 Å². The molecule has 0 atom stereocenters. The molecule has 1 fully saturated rings. The summed E-state index contributed by atoms with van der Waals surface area (Å²) in [5.74, 6) is 7.47. The molecule has 0 unspecified atom stereocenters. The van der Waals surface area contributed by atoms with Crippen molar-refractivity contribution in [3.05, 3.63) is 119 Å². The van der Waals surface area contributed by atoms with Gasteiger partial charge in [-0.15, -0.1) is 0 Å². The van der Waals surface area contributed by atoms with Gasteiger partial charge in [0.15, 0.2) is 6.61 Å². The highest BCUT2D eigenvalue weighted by atomic mass is 16.6. The van der Waals surface area contributed by atoms with Crippen LogP contribution in [0.5, 0.6) is 11.5 Å². The van der Waals surface area contributed by atoms with Gasteiger partial charge in [0.1, 0.15) is 18.1 Å². The molecule has 1 saturated heterocycles. The van der Waals surface area contributed by atoms with Crippen molar-refractivity contribution in [2.24, 2.45) is 0 Å². The van der Waals surface area contributed by atoms with Gasteiger partial charge in [0, 0.05) is 36.0 Å². The molecule has 224 valence electrons. The number of benzene rings is 3. The molecule has 1 aliphatic heterocycles. The van der Waals surface area contributed by atoms with Gasteiger partial charge in [0.2, 0.25) is 0 Å². The number of ether oxygens (including phenoxy) is 4. The average molecular weight is 589 g/mol. The molecule has 1 aliphatic rings. The van der Waals surface area contributed by atoms with Gasteiger partial charge in [-0.05, 0) is 66.1 Å². The highest BCUT2D eigenvalue weighted by Crippen LogP contribution is 2.27. The lowest BCUT2D eigenvalue weighted by atomic mass is 9.97. The fourth-order valence-electron chi connectivity index (χ4n) is 4.77. The van der Waals surface area contributed by atoms with E-state index < -0.39 is 5.97 Å². The summed E-state index contributed by atoms with van der Waals surface area (Å²) in [4.78, 5) is 18.5. The minimum atomic E-state index is -0.429. The first-order valence-corrected chi connectivity index (χ1v) is 14.6. The Labute approximate surface area is 259 Å². The molecule has 0 spiro atoms. The molecule has 0 amide bonds. The Morgan fingerprint density at radius 1 is 0.955 bits per heavy atom. The topological polar surface area (TPSA) is 70.1 Å². The third-order valence-electron chi connectivity index (χ3n) is 7.24. The summed E-state index contributed by atoms with van der Waals surface area (Å²) >= 11 is 0. The molecule has 2 heterocycles. The molecule has 7 heteroatoms. The van der Waals surface area contributed by atoms with Crippen LogP contribution in [0.25, 0.3) is 16.8 Å². The first-order chi connectivity index (χ1) is 21.6. The van der Waals surface area contributed by atoms with E-state index in [4.69, 9.17) is 19.2 Å². The van der Waals surface area contributed by atoms with Gasteiger partial charge >= 0.3 is 5.97 Å². The molecule has 44 heavy (non-hydrogen) atoms. The Kier molecular flexibility index (Phi) is 10.8. The number of nitrogens with zero attached hydrogens (tertiary/aromatic N) is 2. The van der Waals surface area contributed by atoms with Crippen LogP contribution in [-0.4, -0.2) is 69.0 Å². The number of aryl methyl sites for hydroxylation is 1. The van der Waals surface area contributed by atoms with Gasteiger partial charge < -0.3 is 18.9 Å². The van der Waals surface area contributed by atoms with E-state index in [9.17, 15) is 4.79 Å². The van der Waals surface area contributed by atoms with Crippen molar-refractivity contribution < 1.29 is 23.7 Å². The molecular formula is C37H36N2O5. The number of hydrogen-bond acceptors (Lipinski definition) is 7. The molecule has 3 aromatic carbocycles. The van der Waals surface area contributed by atoms with E-state index in [2.05, 4.69) is 70.0 Å². The van der Waals surface area contributed by atoms with Crippen LogP contribution in [0.15, 0.2) is 97.2 Å². The molecule has 0 saturated carbocycles. The molecular weight excluding hydrogens is 552 g/mol. The zero-order valence-electron chi connectivity index (χ0n) is 25.1. The van der Waals surface area contributed by atoms with E-state index in [-0.39, 0.29) is 6.61 Å². The number of pyridine rings is 1. The summed E-state index contributed by atoms with van der Waals surface area (Å²) in [7, 11) is 1.33. The molecule has 0 N–H and O–H groups in total. The molecule has 1 aromatic heterocycles. The summed E-state index contributed by atoms with van der Waals surface area (Å²) in [6.45, 7) is 6.25. The lowest BCUT2D eigenvalue weighted by molar-refractivity contribution is -0.142. The third kappa shape index (κ3) is 8.57. The number of rotatable bonds is 10. The number of esters is 1. The Morgan fingerprint density at radius 3 is 2.43 bits per heavy atom. The second kappa shape index (κ2) is 15.5. The van der Waals surface area contributed by atoms with Gasteiger partial charge in [-0.1, -0.05) is 60.4 Å². The highest BCUT2D eigenvalue weighted by Gasteiger charge is 2.10. The lowest BCUT2D eigenvalue weighted by Gasteiger charge is -2.24. The first kappa shape index (κ1) is 30.6. The standard InChI is InChI=1S/C37H36N2O5/c1-28-25-33(15-17-36(28)44-27-37(40)41-2)43-22-18-34(32-14-16-35(38-26-32)31-8-4-3-5-9-31)30-12-10-29(11-13-30)7-6-19-39-20-23-42-24-21-39/h3-5,8-18,25-26H,19-24,27H2,1-2H3/b34-18+. The molecule has 5 rings (SSSR count). The maximum atomic E-state index is 11.4. The summed E-state index contributed by atoms with van der Waals surface area (Å²) < 4.78 is 21.7. The Balaban J connectivity index is 1.32. The van der Waals surface area contributed by atoms with Crippen LogP contribution in [0.3, 0.4) is 0 Å². The lowest BCUT2D eigenvalue weighted by Crippen LogP contribution is -2.36. The Hall–Kier alpha value is -4.90. The van der Waals surface area contributed by atoms with Gasteiger partial charge in [-0.3, -0.25) is 9.88 Å². The Bertz CT molecular complexity index is 1620. The van der Waals surface area contributed by atoms with Crippen LogP contribution in [0, 0.1) is 18.8 Å². The maximum absolute atomic E-state index is 11.4. The van der Waals surface area contributed by atoms with E-state index in [0.717, 1.165) is 71.9 Å². The molecule has 0 bridgehead atoms. The normalized spacial score (nSPS) is 13.5. The van der Waals surface area contributed by atoms with Gasteiger partial charge in [0.05, 0.1) is 32.6 Å². The van der Waals surface area contributed by atoms with E-state index >= 15 is 0 Å². The fourth-order valence-corrected chi connectivity index (χ4v) is 4.77. The van der Waals surface area contributed by atoms with Gasteiger partial charge in [0.25, 0.3) is 0 Å². The molecule has 7 nitrogen and oxygen atoms in total. The van der Waals surface area contributed by atoms with E-state index in [1.807, 2.05) is 49.5 Å². The monoisotopic (exact) mass is 588 g/mol. The average Bonchev–Trinajstić information content (AvgIpc) is 3.07. The first-order valence-electron chi connectivity index (χ1n) is 14.6. The summed E-state index contributed by atoms with van der Waals surface area (Å²) in [6.07, 6.45) is 3.97. The van der Waals surface area contributed by atoms with Crippen molar-refractivity contribution in [1.82, 2.24) is 9.88 Å². The Morgan fingerprint density at radius 2 is 1.73 bits per heavy atom. The minimum absolute atomic E-state index is 0.140. The summed E-state index contributed by atoms with van der Waals surface area (Å²) in [5.41, 5.74) is 6.87. The van der Waals surface area contributed by atoms with Crippen molar-refractivity contribution in [3.8, 4) is 34.6 Å². The highest BCUT2D eigenvalue weighted by molar-refractivity contribution is 5.80. The number of aromatic nitrogens is 1. The smallest absolute Gasteiger partial charge is 0.343 e. The SMILES string of the molecule is COC(=O)COc1ccc(OC/C=C(\c2ccc(C#CCN3CCOCC3)cc2)c2ccc(-c3ccccc3)nc2)cc1C. The second-order valence-corrected chi connectivity index (χ2v) is 10.3. The van der Waals surface area contributed by atoms with Crippen LogP contribution in [-0.2, 0) is 14.3 Å². The van der Waals surface area contributed by atoms with E-state index in [0.29, 0.717) is 18.1 Å². The number of carbonyl (C=O) groups excluding carboxylic acids is 1. The number of hydrogen-bond donors (Lipinski definition) is 0. The van der Waals surface area contributed by atoms with Crippen LogP contribution in [0.1, 0.15) is 22.3 Å². The molecule has 0 aliphatic carbocycles. The maximum Gasteiger partial charge on any atom is 0.343 e. The zero-order chi connectivity index (χ0) is 30.6. The third-order valence-corrected chi connectivity index (χ3v) is 7.24. The molecule has 0 radical (unpaired) electrons. The van der Waals surface area contributed by atoms with Gasteiger partial charge in [-0.2, -0.15) is 0 Å². The predicted octanol–water partition coefficient (Wildman–Crippen LogP) is 5.80. The van der Waals surface area contributed by atoms with Crippen LogP contribution in [0.2, 0.25) is 0 Å². The quantitative estimate of drug-likeness (QED) is 0.171. The second-order valence-electron chi connectivity index (χ2n) is 10.3. The molecule has 4 aromatic rings. The fraction of sp³-hybridized carbons (Fsp3) is 0.243. The van der Waals surface area contributed by atoms with Crippen LogP contribution >= 0.6 is 0 Å². The van der Waals surface area contributed by atoms with Crippen molar-refractivity contribution in [2.45, 2.75) is 6.92 Å². The van der Waals surface area contributed by atoms with E-state index in [1.165, 1.54) is 7.11 Å². The van der Waals surface area contributed by atoms with Crippen molar-refractivity contribution in [3.63, 3.8) is 0 Å². The summed E-state index contributed by atoms with van der Waals surface area (Å²) in [5, 5.41) is 0. The minimum Gasteiger partial charge on any atom is -0.489 e. The number of morpholine rings is 1. The van der Waals surface area contributed by atoms with Crippen molar-refractivity contribution in [1.29, 1.82) is 0 Å². The van der Waals surface area contributed by atoms with Crippen LogP contribution < -0.4 is 9.47 Å². The predicted molar refractivity (Wildman–Crippen MR) is 172 cm³/mol. The number of methoxy groups -OCH3 is 1. The number of carbonyl (C=O) groups is 1. The summed E-state index contributed by atoms with van der Waals surface area (Å²) in [6, 6.07) is 28.1. The largest absolute Gasteiger partial charge is 0.489 e. The van der Waals surface area contributed by atoms with Crippen LogP contribution in [0.4, 0.5) is 0 Å². The van der Waals surface area contributed by atoms with Crippen molar-refractivity contribution in [2.75, 3.05) is 53.2 Å². The van der Waals surface area contributed by atoms with E-state index in [1.54, 1.807) is 6.07 Å².